The second kappa shape index (κ2) is 10.8. The fourth-order valence-corrected chi connectivity index (χ4v) is 12.7. The molecular formula is C26H45OSSiTi. The van der Waals surface area contributed by atoms with Crippen molar-refractivity contribution in [2.24, 2.45) is 17.8 Å². The van der Waals surface area contributed by atoms with Gasteiger partial charge < -0.3 is 27.4 Å². The van der Waals surface area contributed by atoms with Crippen LogP contribution in [0.2, 0.25) is 18.6 Å². The van der Waals surface area contributed by atoms with Gasteiger partial charge in [0.2, 0.25) is 0 Å². The first kappa shape index (κ1) is 32.2. The van der Waals surface area contributed by atoms with Crippen LogP contribution in [-0.4, -0.2) is 18.4 Å². The van der Waals surface area contributed by atoms with Crippen LogP contribution in [0, 0.1) is 47.0 Å². The van der Waals surface area contributed by atoms with Gasteiger partial charge in [0.15, 0.2) is 0 Å². The third-order valence-corrected chi connectivity index (χ3v) is 13.0. The number of thioether (sulfide) groups is 1. The van der Waals surface area contributed by atoms with E-state index < -0.39 is 8.07 Å². The second-order valence-electron chi connectivity index (χ2n) is 10.4. The van der Waals surface area contributed by atoms with Crippen LogP contribution in [0.15, 0.2) is 23.1 Å². The van der Waals surface area contributed by atoms with E-state index in [0.29, 0.717) is 28.4 Å². The number of aryl methyl sites for hydroxylation is 1. The quantitative estimate of drug-likeness (QED) is 0.348. The number of fused-ring (bicyclic) bond motifs is 1. The minimum absolute atomic E-state index is 0. The Morgan fingerprint density at radius 1 is 0.967 bits per heavy atom. The summed E-state index contributed by atoms with van der Waals surface area (Å²) in [4.78, 5) is 1.50. The van der Waals surface area contributed by atoms with Crippen molar-refractivity contribution in [2.75, 3.05) is 0 Å². The van der Waals surface area contributed by atoms with Gasteiger partial charge >= 0.3 is 21.7 Å². The van der Waals surface area contributed by atoms with E-state index in [1.807, 2.05) is 0 Å². The Morgan fingerprint density at radius 3 is 2.00 bits per heavy atom. The van der Waals surface area contributed by atoms with Crippen LogP contribution in [0.4, 0.5) is 0 Å². The zero-order valence-corrected chi connectivity index (χ0v) is 24.9. The molecule has 4 heteroatoms. The predicted molar refractivity (Wildman–Crippen MR) is 139 cm³/mol. The number of rotatable bonds is 2. The maximum absolute atomic E-state index is 11.3. The molecule has 2 aliphatic rings. The van der Waals surface area contributed by atoms with Gasteiger partial charge in [0.05, 0.1) is 8.07 Å². The summed E-state index contributed by atoms with van der Waals surface area (Å²) < 4.78 is 0. The van der Waals surface area contributed by atoms with Gasteiger partial charge in [-0.05, 0) is 58.2 Å². The third-order valence-electron chi connectivity index (χ3n) is 7.08. The average Bonchev–Trinajstić information content (AvgIpc) is 2.97. The monoisotopic (exact) mass is 481 g/mol. The van der Waals surface area contributed by atoms with Gasteiger partial charge in [-0.2, -0.15) is 0 Å². The number of hydrogen-bond acceptors (Lipinski definition) is 2. The van der Waals surface area contributed by atoms with Crippen molar-refractivity contribution >= 4 is 25.0 Å². The van der Waals surface area contributed by atoms with Gasteiger partial charge in [0, 0.05) is 5.25 Å². The predicted octanol–water partition coefficient (Wildman–Crippen LogP) is 7.55. The molecule has 0 bridgehead atoms. The summed E-state index contributed by atoms with van der Waals surface area (Å²) in [6.07, 6.45) is 2.53. The van der Waals surface area contributed by atoms with Crippen molar-refractivity contribution in [1.82, 2.24) is 0 Å². The Labute approximate surface area is 208 Å². The first-order valence-electron chi connectivity index (χ1n) is 10.1. The van der Waals surface area contributed by atoms with Crippen molar-refractivity contribution in [1.29, 1.82) is 0 Å². The summed E-state index contributed by atoms with van der Waals surface area (Å²) in [7, 11) is -1.86. The fraction of sp³-hybridized carbons (Fsp3) is 0.577. The standard InChI is InChI=1S/C23H36OSSi.3CH3.Ti/c1-13-10-18(23(5,6)7)20(24)19(11-13)26(8,9)22-16(4)15(3)17-12-14(2)25-21(17)22;;;;/h10-12,15-17,21-22,24H,1-9H3;3*1H3;/q;3*-1;+3. The zero-order chi connectivity index (χ0) is 19.6. The largest absolute Gasteiger partial charge is 3.00 e. The molecule has 1 aromatic rings. The van der Waals surface area contributed by atoms with Crippen molar-refractivity contribution in [3.8, 4) is 5.75 Å². The van der Waals surface area contributed by atoms with Gasteiger partial charge in [0.25, 0.3) is 0 Å². The van der Waals surface area contributed by atoms with Crippen LogP contribution in [0.25, 0.3) is 0 Å². The number of benzene rings is 1. The Kier molecular flexibility index (Phi) is 11.6. The number of hydrogen-bond donors (Lipinski definition) is 1. The Hall–Kier alpha value is 0.0412. The molecule has 0 spiro atoms. The molecule has 169 valence electrons. The molecule has 1 aliphatic carbocycles. The topological polar surface area (TPSA) is 20.2 Å². The molecule has 0 aromatic heterocycles. The van der Waals surface area contributed by atoms with E-state index in [1.54, 1.807) is 0 Å². The van der Waals surface area contributed by atoms with E-state index in [4.69, 9.17) is 0 Å². The van der Waals surface area contributed by atoms with E-state index in [-0.39, 0.29) is 49.4 Å². The molecule has 1 aliphatic heterocycles. The maximum Gasteiger partial charge on any atom is 3.00 e. The molecule has 1 nitrogen and oxygen atoms in total. The molecule has 1 aromatic carbocycles. The molecule has 5 unspecified atom stereocenters. The second-order valence-corrected chi connectivity index (χ2v) is 16.4. The molecule has 1 radical (unpaired) electrons. The van der Waals surface area contributed by atoms with Gasteiger partial charge in [-0.25, -0.2) is 0 Å². The molecule has 1 N–H and O–H groups in total. The van der Waals surface area contributed by atoms with E-state index >= 15 is 0 Å². The van der Waals surface area contributed by atoms with Crippen LogP contribution in [0.3, 0.4) is 0 Å². The van der Waals surface area contributed by atoms with Gasteiger partial charge in [-0.3, -0.25) is 0 Å². The van der Waals surface area contributed by atoms with Crippen LogP contribution >= 0.6 is 11.8 Å². The van der Waals surface area contributed by atoms with Gasteiger partial charge in [-0.15, -0.1) is 11.8 Å². The Morgan fingerprint density at radius 2 is 1.50 bits per heavy atom. The smallest absolute Gasteiger partial charge is 0.508 e. The van der Waals surface area contributed by atoms with Crippen molar-refractivity contribution in [3.05, 3.63) is 56.5 Å². The van der Waals surface area contributed by atoms with Crippen LogP contribution in [0.1, 0.15) is 52.7 Å². The Balaban J connectivity index is 0. The van der Waals surface area contributed by atoms with Crippen molar-refractivity contribution in [3.63, 3.8) is 0 Å². The number of phenolic OH excluding ortho intramolecular Hbond substituents is 1. The normalized spacial score (nSPS) is 27.6. The van der Waals surface area contributed by atoms with Crippen molar-refractivity contribution < 1.29 is 26.8 Å². The van der Waals surface area contributed by atoms with Crippen LogP contribution < -0.4 is 5.19 Å². The molecule has 1 saturated carbocycles. The van der Waals surface area contributed by atoms with Gasteiger partial charge in [0.1, 0.15) is 5.75 Å². The van der Waals surface area contributed by atoms with E-state index in [9.17, 15) is 5.11 Å². The molecular weight excluding hydrogens is 436 g/mol. The first-order chi connectivity index (χ1) is 11.9. The maximum atomic E-state index is 11.3. The van der Waals surface area contributed by atoms with E-state index in [2.05, 4.69) is 91.5 Å². The summed E-state index contributed by atoms with van der Waals surface area (Å²) in [5.41, 5.74) is 3.05. The number of allylic oxidation sites excluding steroid dienone is 2. The number of phenols is 1. The number of aromatic hydroxyl groups is 1. The minimum atomic E-state index is -1.86. The molecule has 1 fully saturated rings. The van der Waals surface area contributed by atoms with E-state index in [0.717, 1.165) is 11.5 Å². The minimum Gasteiger partial charge on any atom is -0.508 e. The average molecular weight is 482 g/mol. The summed E-state index contributed by atoms with van der Waals surface area (Å²) in [6.45, 7) is 21.0. The Bertz CT molecular complexity index is 750. The molecule has 1 heterocycles. The summed E-state index contributed by atoms with van der Waals surface area (Å²) in [6, 6.07) is 4.48. The molecule has 5 atom stereocenters. The van der Waals surface area contributed by atoms with Crippen molar-refractivity contribution in [2.45, 2.75) is 77.8 Å². The van der Waals surface area contributed by atoms with Crippen LogP contribution in [0.5, 0.6) is 5.75 Å². The molecule has 0 saturated heterocycles. The molecule has 30 heavy (non-hydrogen) atoms. The van der Waals surface area contributed by atoms with Crippen LogP contribution in [-0.2, 0) is 27.1 Å². The fourth-order valence-electron chi connectivity index (χ4n) is 5.53. The SMILES string of the molecule is CC1=CC2C(C)C(C)C([Si](C)(C)c3cc(C)cc(C(C)(C)C)c3O)C2S1.[CH3-].[CH3-].[CH3-].[Ti+3]. The zero-order valence-electron chi connectivity index (χ0n) is 21.5. The molecule has 0 amide bonds. The third kappa shape index (κ3) is 5.33. The van der Waals surface area contributed by atoms with E-state index in [1.165, 1.54) is 15.7 Å². The first-order valence-corrected chi connectivity index (χ1v) is 14.0. The van der Waals surface area contributed by atoms with Gasteiger partial charge in [-0.1, -0.05) is 71.5 Å². The molecule has 3 rings (SSSR count). The summed E-state index contributed by atoms with van der Waals surface area (Å²) in [5, 5.41) is 13.3. The summed E-state index contributed by atoms with van der Waals surface area (Å²) >= 11 is 2.11. The summed E-state index contributed by atoms with van der Waals surface area (Å²) in [5.74, 6) is 2.73.